The van der Waals surface area contributed by atoms with Gasteiger partial charge in [0.1, 0.15) is 17.3 Å². The van der Waals surface area contributed by atoms with Gasteiger partial charge in [-0.15, -0.1) is 5.10 Å². The van der Waals surface area contributed by atoms with Gasteiger partial charge in [0, 0.05) is 25.1 Å². The number of halogens is 2. The number of rotatable bonds is 5. The molecule has 9 nitrogen and oxygen atoms in total. The first kappa shape index (κ1) is 22.2. The lowest BCUT2D eigenvalue weighted by atomic mass is 10.1. The molecule has 11 heteroatoms. The number of ether oxygens (including phenoxy) is 1. The van der Waals surface area contributed by atoms with Crippen molar-refractivity contribution < 1.29 is 13.5 Å². The van der Waals surface area contributed by atoms with Gasteiger partial charge >= 0.3 is 0 Å². The molecule has 0 spiro atoms. The van der Waals surface area contributed by atoms with Crippen molar-refractivity contribution in [1.82, 2.24) is 24.8 Å². The Labute approximate surface area is 194 Å². The average Bonchev–Trinajstić information content (AvgIpc) is 3.26. The smallest absolute Gasteiger partial charge is 0.289 e. The van der Waals surface area contributed by atoms with E-state index in [1.165, 1.54) is 16.9 Å². The maximum Gasteiger partial charge on any atom is 0.289 e. The maximum absolute atomic E-state index is 13.4. The number of hydrogen-bond acceptors (Lipinski definition) is 7. The van der Waals surface area contributed by atoms with Crippen molar-refractivity contribution in [2.75, 3.05) is 18.1 Å². The Morgan fingerprint density at radius 1 is 1.26 bits per heavy atom. The van der Waals surface area contributed by atoms with Crippen LogP contribution >= 0.6 is 0 Å². The second-order valence-corrected chi connectivity index (χ2v) is 8.40. The molecule has 1 fully saturated rings. The van der Waals surface area contributed by atoms with Crippen LogP contribution in [0.3, 0.4) is 0 Å². The molecule has 0 aliphatic carbocycles. The van der Waals surface area contributed by atoms with Crippen LogP contribution in [0.1, 0.15) is 60.0 Å². The minimum absolute atomic E-state index is 0.0172. The molecule has 5 rings (SSSR count). The summed E-state index contributed by atoms with van der Waals surface area (Å²) in [6, 6.07) is 8.44. The van der Waals surface area contributed by atoms with Crippen molar-refractivity contribution in [3.05, 3.63) is 68.9 Å². The predicted molar refractivity (Wildman–Crippen MR) is 117 cm³/mol. The fourth-order valence-electron chi connectivity index (χ4n) is 4.58. The molecule has 2 aromatic heterocycles. The Hall–Kier alpha value is -3.65. The first-order valence-electron chi connectivity index (χ1n) is 11.2. The van der Waals surface area contributed by atoms with E-state index in [4.69, 9.17) is 4.74 Å². The number of aromatic nitrogens is 5. The van der Waals surface area contributed by atoms with Gasteiger partial charge < -0.3 is 9.64 Å². The highest BCUT2D eigenvalue weighted by atomic mass is 19.3. The van der Waals surface area contributed by atoms with Crippen LogP contribution in [0.5, 0.6) is 0 Å². The standard InChI is InChI=1S/C23H23F2N7O2/c24-22(25)16-6-2-1-5-15(16)13-31-19-8-9-30(14-18(19)28-29-31)20-12-27-32(23(33)17(20)11-26)21-7-3-4-10-34-21/h1-2,5-6,12,21-22H,3-4,7-10,13-14H2. The van der Waals surface area contributed by atoms with Crippen LogP contribution in [0.4, 0.5) is 14.5 Å². The summed E-state index contributed by atoms with van der Waals surface area (Å²) in [5.74, 6) is 0. The topological polar surface area (TPSA) is 102 Å². The van der Waals surface area contributed by atoms with Gasteiger partial charge in [0.05, 0.1) is 30.7 Å². The fourth-order valence-corrected chi connectivity index (χ4v) is 4.58. The van der Waals surface area contributed by atoms with Gasteiger partial charge in [-0.2, -0.15) is 15.0 Å². The summed E-state index contributed by atoms with van der Waals surface area (Å²) in [5.41, 5.74) is 2.02. The largest absolute Gasteiger partial charge is 0.363 e. The molecule has 0 amide bonds. The van der Waals surface area contributed by atoms with Crippen LogP contribution < -0.4 is 10.5 Å². The summed E-state index contributed by atoms with van der Waals surface area (Å²) in [6.45, 7) is 1.61. The fraction of sp³-hybridized carbons (Fsp3) is 0.435. The van der Waals surface area contributed by atoms with Crippen molar-refractivity contribution in [3.63, 3.8) is 0 Å². The summed E-state index contributed by atoms with van der Waals surface area (Å²) >= 11 is 0. The third kappa shape index (κ3) is 4.05. The van der Waals surface area contributed by atoms with Crippen LogP contribution in [0.15, 0.2) is 35.3 Å². The lowest BCUT2D eigenvalue weighted by Gasteiger charge is -2.29. The Kier molecular flexibility index (Phi) is 6.06. The molecule has 1 saturated heterocycles. The number of nitriles is 1. The van der Waals surface area contributed by atoms with E-state index in [-0.39, 0.29) is 17.7 Å². The number of nitrogens with zero attached hydrogens (tertiary/aromatic N) is 7. The molecule has 1 unspecified atom stereocenters. The second kappa shape index (κ2) is 9.30. The molecule has 2 aliphatic heterocycles. The van der Waals surface area contributed by atoms with Crippen molar-refractivity contribution in [1.29, 1.82) is 5.26 Å². The highest BCUT2D eigenvalue weighted by Gasteiger charge is 2.28. The Morgan fingerprint density at radius 3 is 2.88 bits per heavy atom. The van der Waals surface area contributed by atoms with E-state index in [9.17, 15) is 18.8 Å². The summed E-state index contributed by atoms with van der Waals surface area (Å²) in [6.07, 6.45) is 1.62. The highest BCUT2D eigenvalue weighted by Crippen LogP contribution is 2.28. The molecular weight excluding hydrogens is 444 g/mol. The minimum atomic E-state index is -2.57. The van der Waals surface area contributed by atoms with Crippen molar-refractivity contribution in [3.8, 4) is 6.07 Å². The molecule has 2 aliphatic rings. The summed E-state index contributed by atoms with van der Waals surface area (Å²) in [5, 5.41) is 22.5. The van der Waals surface area contributed by atoms with E-state index in [1.807, 2.05) is 11.0 Å². The Balaban J connectivity index is 1.39. The van der Waals surface area contributed by atoms with Crippen molar-refractivity contribution >= 4 is 5.69 Å². The van der Waals surface area contributed by atoms with E-state index in [0.29, 0.717) is 49.5 Å². The number of anilines is 1. The highest BCUT2D eigenvalue weighted by molar-refractivity contribution is 5.57. The second-order valence-electron chi connectivity index (χ2n) is 8.40. The number of hydrogen-bond donors (Lipinski definition) is 0. The maximum atomic E-state index is 13.4. The predicted octanol–water partition coefficient (Wildman–Crippen LogP) is 2.95. The molecular formula is C23H23F2N7O2. The van der Waals surface area contributed by atoms with Gasteiger partial charge in [-0.25, -0.2) is 13.5 Å². The molecule has 1 atom stereocenters. The van der Waals surface area contributed by atoms with Crippen LogP contribution in [0, 0.1) is 11.3 Å². The van der Waals surface area contributed by atoms with Crippen LogP contribution in [0.2, 0.25) is 0 Å². The van der Waals surface area contributed by atoms with Gasteiger partial charge in [0.15, 0.2) is 6.23 Å². The van der Waals surface area contributed by atoms with Crippen LogP contribution in [0.25, 0.3) is 0 Å². The number of fused-ring (bicyclic) bond motifs is 1. The van der Waals surface area contributed by atoms with E-state index < -0.39 is 18.2 Å². The average molecular weight is 467 g/mol. The van der Waals surface area contributed by atoms with E-state index in [2.05, 4.69) is 15.4 Å². The van der Waals surface area contributed by atoms with Crippen molar-refractivity contribution in [2.45, 2.75) is 51.4 Å². The van der Waals surface area contributed by atoms with Gasteiger partial charge in [-0.3, -0.25) is 4.79 Å². The van der Waals surface area contributed by atoms with Gasteiger partial charge in [-0.05, 0) is 24.8 Å². The van der Waals surface area contributed by atoms with E-state index >= 15 is 0 Å². The minimum Gasteiger partial charge on any atom is -0.363 e. The monoisotopic (exact) mass is 467 g/mol. The lowest BCUT2D eigenvalue weighted by Crippen LogP contribution is -2.37. The number of alkyl halides is 2. The Morgan fingerprint density at radius 2 is 2.12 bits per heavy atom. The number of benzene rings is 1. The quantitative estimate of drug-likeness (QED) is 0.569. The van der Waals surface area contributed by atoms with Gasteiger partial charge in [0.2, 0.25) is 0 Å². The lowest BCUT2D eigenvalue weighted by molar-refractivity contribution is -0.0425. The zero-order valence-corrected chi connectivity index (χ0v) is 18.4. The molecule has 4 heterocycles. The first-order chi connectivity index (χ1) is 16.6. The van der Waals surface area contributed by atoms with E-state index in [1.54, 1.807) is 22.9 Å². The molecule has 0 radical (unpaired) electrons. The molecule has 176 valence electrons. The summed E-state index contributed by atoms with van der Waals surface area (Å²) < 4.78 is 35.3. The summed E-state index contributed by atoms with van der Waals surface area (Å²) in [4.78, 5) is 14.9. The molecule has 1 aromatic carbocycles. The zero-order valence-electron chi connectivity index (χ0n) is 18.4. The SMILES string of the molecule is N#Cc1c(N2CCc3c(nnn3Cc3ccccc3C(F)F)C2)cnn(C2CCCCO2)c1=O. The van der Waals surface area contributed by atoms with Crippen LogP contribution in [-0.4, -0.2) is 37.9 Å². The third-order valence-corrected chi connectivity index (χ3v) is 6.35. The van der Waals surface area contributed by atoms with Crippen molar-refractivity contribution in [2.24, 2.45) is 0 Å². The third-order valence-electron chi connectivity index (χ3n) is 6.35. The van der Waals surface area contributed by atoms with E-state index in [0.717, 1.165) is 18.5 Å². The van der Waals surface area contributed by atoms with Crippen LogP contribution in [-0.2, 0) is 24.2 Å². The van der Waals surface area contributed by atoms with Gasteiger partial charge in [0.25, 0.3) is 12.0 Å². The Bertz CT molecular complexity index is 1290. The summed E-state index contributed by atoms with van der Waals surface area (Å²) in [7, 11) is 0. The molecule has 0 N–H and O–H groups in total. The first-order valence-corrected chi connectivity index (χ1v) is 11.2. The molecule has 34 heavy (non-hydrogen) atoms. The molecule has 0 saturated carbocycles. The van der Waals surface area contributed by atoms with Gasteiger partial charge in [-0.1, -0.05) is 29.5 Å². The molecule has 0 bridgehead atoms. The molecule has 3 aromatic rings. The normalized spacial score (nSPS) is 18.1. The zero-order chi connectivity index (χ0) is 23.7.